The smallest absolute Gasteiger partial charge is 0.321 e. The van der Waals surface area contributed by atoms with Crippen molar-refractivity contribution in [1.82, 2.24) is 9.55 Å². The van der Waals surface area contributed by atoms with Crippen LogP contribution in [0.4, 0.5) is 13.2 Å². The first kappa shape index (κ1) is 9.76. The number of hydrogen-bond acceptors (Lipinski definition) is 2. The third kappa shape index (κ3) is 1.71. The molecule has 0 aliphatic rings. The minimum atomic E-state index is -4.46. The number of hydrogen-bond donors (Lipinski definition) is 0. The summed E-state index contributed by atoms with van der Waals surface area (Å²) >= 11 is 0. The molecule has 0 aromatic carbocycles. The normalized spacial score (nSPS) is 11.8. The van der Waals surface area contributed by atoms with Crippen LogP contribution in [0.15, 0.2) is 6.20 Å². The number of rotatable bonds is 1. The van der Waals surface area contributed by atoms with Gasteiger partial charge >= 0.3 is 6.18 Å². The zero-order chi connectivity index (χ0) is 10.2. The monoisotopic (exact) mass is 192 g/mol. The molecule has 0 bridgehead atoms. The fourth-order valence-corrected chi connectivity index (χ4v) is 1.00. The van der Waals surface area contributed by atoms with Gasteiger partial charge < -0.3 is 4.57 Å². The molecule has 0 aliphatic carbocycles. The van der Waals surface area contributed by atoms with Crippen molar-refractivity contribution in [2.24, 2.45) is 7.05 Å². The average molecular weight is 192 g/mol. The van der Waals surface area contributed by atoms with Crippen LogP contribution in [0.3, 0.4) is 0 Å². The first-order valence-electron chi connectivity index (χ1n) is 3.44. The molecule has 3 nitrogen and oxygen atoms in total. The number of Topliss-reactive ketones (excluding diaryl/α,β-unsaturated/α-hetero) is 1. The molecule has 13 heavy (non-hydrogen) atoms. The van der Waals surface area contributed by atoms with E-state index in [9.17, 15) is 18.0 Å². The summed E-state index contributed by atoms with van der Waals surface area (Å²) in [5, 5.41) is 0. The van der Waals surface area contributed by atoms with Crippen LogP contribution in [0.5, 0.6) is 0 Å². The van der Waals surface area contributed by atoms with Crippen molar-refractivity contribution >= 4 is 5.78 Å². The van der Waals surface area contributed by atoms with Crippen LogP contribution < -0.4 is 0 Å². The number of nitrogens with zero attached hydrogens (tertiary/aromatic N) is 2. The van der Waals surface area contributed by atoms with Crippen LogP contribution >= 0.6 is 0 Å². The van der Waals surface area contributed by atoms with Gasteiger partial charge in [0.2, 0.25) is 0 Å². The Labute approximate surface area is 72.2 Å². The van der Waals surface area contributed by atoms with Crippen molar-refractivity contribution in [2.75, 3.05) is 0 Å². The second kappa shape index (κ2) is 2.86. The van der Waals surface area contributed by atoms with Gasteiger partial charge in [0, 0.05) is 14.0 Å². The number of carbonyl (C=O) groups is 1. The number of alkyl halides is 3. The zero-order valence-corrected chi connectivity index (χ0v) is 7.01. The molecule has 0 radical (unpaired) electrons. The van der Waals surface area contributed by atoms with Crippen LogP contribution in [-0.4, -0.2) is 15.3 Å². The number of aromatic nitrogens is 2. The average Bonchev–Trinajstić information content (AvgIpc) is 2.28. The molecule has 0 N–H and O–H groups in total. The maximum Gasteiger partial charge on any atom is 0.433 e. The maximum absolute atomic E-state index is 12.2. The summed E-state index contributed by atoms with van der Waals surface area (Å²) in [7, 11) is 1.16. The van der Waals surface area contributed by atoms with Crippen molar-refractivity contribution < 1.29 is 18.0 Å². The number of imidazole rings is 1. The Morgan fingerprint density at radius 3 is 2.31 bits per heavy atom. The van der Waals surface area contributed by atoms with E-state index in [0.29, 0.717) is 6.20 Å². The Bertz CT molecular complexity index is 340. The largest absolute Gasteiger partial charge is 0.433 e. The molecule has 1 rings (SSSR count). The van der Waals surface area contributed by atoms with E-state index >= 15 is 0 Å². The molecule has 0 atom stereocenters. The molecule has 0 spiro atoms. The molecule has 1 heterocycles. The highest BCUT2D eigenvalue weighted by atomic mass is 19.4. The van der Waals surface area contributed by atoms with Gasteiger partial charge in [-0.3, -0.25) is 4.79 Å². The molecule has 0 saturated heterocycles. The lowest BCUT2D eigenvalue weighted by atomic mass is 10.4. The van der Waals surface area contributed by atoms with E-state index in [4.69, 9.17) is 0 Å². The standard InChI is InChI=1S/C7H7F3N2O/c1-4(13)6-11-3-5(12(6)2)7(8,9)10/h3H,1-2H3. The summed E-state index contributed by atoms with van der Waals surface area (Å²) in [5.41, 5.74) is -0.919. The molecule has 0 unspecified atom stereocenters. The third-order valence-corrected chi connectivity index (χ3v) is 1.59. The minimum Gasteiger partial charge on any atom is -0.321 e. The summed E-state index contributed by atoms with van der Waals surface area (Å²) < 4.78 is 37.2. The quantitative estimate of drug-likeness (QED) is 0.634. The Hall–Kier alpha value is -1.33. The number of halogens is 3. The highest BCUT2D eigenvalue weighted by Gasteiger charge is 2.35. The summed E-state index contributed by atoms with van der Waals surface area (Å²) in [5.74, 6) is -0.676. The fraction of sp³-hybridized carbons (Fsp3) is 0.429. The Morgan fingerprint density at radius 1 is 1.54 bits per heavy atom. The van der Waals surface area contributed by atoms with Gasteiger partial charge in [-0.25, -0.2) is 4.98 Å². The Morgan fingerprint density at radius 2 is 2.08 bits per heavy atom. The summed E-state index contributed by atoms with van der Waals surface area (Å²) in [4.78, 5) is 14.1. The lowest BCUT2D eigenvalue weighted by molar-refractivity contribution is -0.143. The molecule has 0 amide bonds. The summed E-state index contributed by atoms with van der Waals surface area (Å²) in [6, 6.07) is 0. The summed E-state index contributed by atoms with van der Waals surface area (Å²) in [6.07, 6.45) is -3.81. The predicted octanol–water partition coefficient (Wildman–Crippen LogP) is 1.64. The molecule has 1 aromatic heterocycles. The van der Waals surface area contributed by atoms with Gasteiger partial charge in [0.15, 0.2) is 11.6 Å². The zero-order valence-electron chi connectivity index (χ0n) is 7.01. The lowest BCUT2D eigenvalue weighted by Crippen LogP contribution is -2.13. The minimum absolute atomic E-state index is 0.188. The van der Waals surface area contributed by atoms with Crippen LogP contribution in [-0.2, 0) is 13.2 Å². The van der Waals surface area contributed by atoms with Gasteiger partial charge in [-0.15, -0.1) is 0 Å². The second-order valence-electron chi connectivity index (χ2n) is 2.58. The van der Waals surface area contributed by atoms with Gasteiger partial charge in [0.1, 0.15) is 5.69 Å². The molecular formula is C7H7F3N2O. The maximum atomic E-state index is 12.2. The van der Waals surface area contributed by atoms with Crippen molar-refractivity contribution in [3.8, 4) is 0 Å². The fourth-order valence-electron chi connectivity index (χ4n) is 1.00. The molecule has 0 fully saturated rings. The highest BCUT2D eigenvalue weighted by Crippen LogP contribution is 2.29. The molecule has 1 aromatic rings. The SMILES string of the molecule is CC(=O)c1ncc(C(F)(F)F)n1C. The molecule has 72 valence electrons. The predicted molar refractivity (Wildman–Crippen MR) is 38.2 cm³/mol. The molecule has 6 heteroatoms. The number of ketones is 1. The van der Waals surface area contributed by atoms with Crippen molar-refractivity contribution in [3.05, 3.63) is 17.7 Å². The topological polar surface area (TPSA) is 34.9 Å². The highest BCUT2D eigenvalue weighted by molar-refractivity contribution is 5.90. The Kier molecular flexibility index (Phi) is 2.15. The first-order chi connectivity index (χ1) is 5.84. The van der Waals surface area contributed by atoms with Crippen molar-refractivity contribution in [3.63, 3.8) is 0 Å². The van der Waals surface area contributed by atoms with Gasteiger partial charge in [-0.05, 0) is 0 Å². The van der Waals surface area contributed by atoms with Crippen molar-refractivity contribution in [1.29, 1.82) is 0 Å². The van der Waals surface area contributed by atoms with Crippen LogP contribution in [0.2, 0.25) is 0 Å². The van der Waals surface area contributed by atoms with E-state index in [1.54, 1.807) is 0 Å². The van der Waals surface area contributed by atoms with E-state index in [0.717, 1.165) is 11.6 Å². The van der Waals surface area contributed by atoms with Crippen molar-refractivity contribution in [2.45, 2.75) is 13.1 Å². The van der Waals surface area contributed by atoms with E-state index in [2.05, 4.69) is 4.98 Å². The van der Waals surface area contributed by atoms with Gasteiger partial charge in [-0.2, -0.15) is 13.2 Å². The number of carbonyl (C=O) groups excluding carboxylic acids is 1. The van der Waals surface area contributed by atoms with Crippen LogP contribution in [0.25, 0.3) is 0 Å². The third-order valence-electron chi connectivity index (χ3n) is 1.59. The lowest BCUT2D eigenvalue weighted by Gasteiger charge is -2.06. The first-order valence-corrected chi connectivity index (χ1v) is 3.44. The van der Waals surface area contributed by atoms with Crippen LogP contribution in [0, 0.1) is 0 Å². The van der Waals surface area contributed by atoms with Crippen LogP contribution in [0.1, 0.15) is 23.2 Å². The summed E-state index contributed by atoms with van der Waals surface area (Å²) in [6.45, 7) is 1.17. The Balaban J connectivity index is 3.22. The van der Waals surface area contributed by atoms with E-state index in [1.165, 1.54) is 6.92 Å². The molecule has 0 aliphatic heterocycles. The van der Waals surface area contributed by atoms with E-state index in [1.807, 2.05) is 0 Å². The molecule has 0 saturated carbocycles. The second-order valence-corrected chi connectivity index (χ2v) is 2.58. The van der Waals surface area contributed by atoms with Gasteiger partial charge in [-0.1, -0.05) is 0 Å². The van der Waals surface area contributed by atoms with E-state index < -0.39 is 17.7 Å². The van der Waals surface area contributed by atoms with Gasteiger partial charge in [0.25, 0.3) is 0 Å². The van der Waals surface area contributed by atoms with E-state index in [-0.39, 0.29) is 5.82 Å². The molecular weight excluding hydrogens is 185 g/mol. The van der Waals surface area contributed by atoms with Gasteiger partial charge in [0.05, 0.1) is 6.20 Å².